The molecular weight excluding hydrogens is 243 g/mol. The van der Waals surface area contributed by atoms with Gasteiger partial charge in [-0.3, -0.25) is 9.59 Å². The minimum absolute atomic E-state index is 0.0891. The molecule has 0 saturated heterocycles. The van der Waals surface area contributed by atoms with Gasteiger partial charge in [-0.2, -0.15) is 13.2 Å². The number of hydrogen-bond donors (Lipinski definition) is 1. The smallest absolute Gasteiger partial charge is 0.471 e. The predicted octanol–water partition coefficient (Wildman–Crippen LogP) is 0.744. The van der Waals surface area contributed by atoms with E-state index >= 15 is 0 Å². The molecule has 0 radical (unpaired) electrons. The van der Waals surface area contributed by atoms with Gasteiger partial charge in [-0.05, 0) is 0 Å². The molecular formula is C9H14F3NO4. The van der Waals surface area contributed by atoms with Crippen LogP contribution in [0.1, 0.15) is 6.92 Å². The van der Waals surface area contributed by atoms with E-state index in [1.165, 1.54) is 14.0 Å². The maximum atomic E-state index is 12.2. The van der Waals surface area contributed by atoms with E-state index in [1.807, 2.05) is 0 Å². The van der Waals surface area contributed by atoms with Crippen molar-refractivity contribution in [1.29, 1.82) is 0 Å². The lowest BCUT2D eigenvalue weighted by Gasteiger charge is -2.24. The Kier molecular flexibility index (Phi) is 5.94. The summed E-state index contributed by atoms with van der Waals surface area (Å²) in [6.45, 7) is 0.337. The number of nitrogens with zero attached hydrogens (tertiary/aromatic N) is 1. The van der Waals surface area contributed by atoms with Gasteiger partial charge in [0.2, 0.25) is 0 Å². The van der Waals surface area contributed by atoms with E-state index in [4.69, 9.17) is 5.11 Å². The zero-order valence-electron chi connectivity index (χ0n) is 9.45. The third kappa shape index (κ3) is 5.53. The highest BCUT2D eigenvalue weighted by molar-refractivity contribution is 5.82. The first-order valence-electron chi connectivity index (χ1n) is 4.78. The number of carboxylic acids is 1. The van der Waals surface area contributed by atoms with Gasteiger partial charge >= 0.3 is 18.1 Å². The quantitative estimate of drug-likeness (QED) is 0.762. The molecule has 5 nitrogen and oxygen atoms in total. The van der Waals surface area contributed by atoms with Crippen LogP contribution in [0.25, 0.3) is 0 Å². The average Bonchev–Trinajstić information content (AvgIpc) is 2.21. The summed E-state index contributed by atoms with van der Waals surface area (Å²) in [6.07, 6.45) is -5.01. The van der Waals surface area contributed by atoms with Gasteiger partial charge in [-0.15, -0.1) is 0 Å². The van der Waals surface area contributed by atoms with E-state index in [0.29, 0.717) is 4.90 Å². The molecule has 0 aromatic carbocycles. The van der Waals surface area contributed by atoms with Crippen LogP contribution >= 0.6 is 0 Å². The van der Waals surface area contributed by atoms with Crippen molar-refractivity contribution in [1.82, 2.24) is 4.90 Å². The highest BCUT2D eigenvalue weighted by Crippen LogP contribution is 2.19. The minimum atomic E-state index is -5.01. The Labute approximate surface area is 96.1 Å². The highest BCUT2D eigenvalue weighted by atomic mass is 19.4. The van der Waals surface area contributed by atoms with Crippen LogP contribution in [0, 0.1) is 5.92 Å². The fourth-order valence-corrected chi connectivity index (χ4v) is 1.07. The van der Waals surface area contributed by atoms with Crippen molar-refractivity contribution in [3.05, 3.63) is 0 Å². The van der Waals surface area contributed by atoms with Gasteiger partial charge in [0.15, 0.2) is 0 Å². The first kappa shape index (κ1) is 15.7. The number of rotatable bonds is 6. The molecule has 0 bridgehead atoms. The molecule has 0 aliphatic carbocycles. The Morgan fingerprint density at radius 1 is 1.41 bits per heavy atom. The van der Waals surface area contributed by atoms with Crippen molar-refractivity contribution < 1.29 is 32.6 Å². The van der Waals surface area contributed by atoms with Crippen LogP contribution in [0.2, 0.25) is 0 Å². The molecule has 8 heteroatoms. The zero-order valence-corrected chi connectivity index (χ0v) is 9.45. The number of carbonyl (C=O) groups excluding carboxylic acids is 1. The maximum Gasteiger partial charge on any atom is 0.471 e. The number of amides is 1. The largest absolute Gasteiger partial charge is 0.481 e. The number of carboxylic acid groups (broad SMARTS) is 1. The molecule has 0 rings (SSSR count). The average molecular weight is 257 g/mol. The van der Waals surface area contributed by atoms with E-state index < -0.39 is 30.5 Å². The summed E-state index contributed by atoms with van der Waals surface area (Å²) in [6, 6.07) is 0. The molecule has 1 atom stereocenters. The molecule has 0 aromatic rings. The SMILES string of the molecule is COCCN(CC(C)C(=O)O)C(=O)C(F)(F)F. The van der Waals surface area contributed by atoms with Crippen molar-refractivity contribution >= 4 is 11.9 Å². The van der Waals surface area contributed by atoms with E-state index in [2.05, 4.69) is 4.74 Å². The standard InChI is InChI=1S/C9H14F3NO4/c1-6(7(14)15)5-13(3-4-17-2)8(16)9(10,11)12/h6H,3-5H2,1-2H3,(H,14,15). The second kappa shape index (κ2) is 6.43. The van der Waals surface area contributed by atoms with Crippen molar-refractivity contribution in [2.75, 3.05) is 26.8 Å². The summed E-state index contributed by atoms with van der Waals surface area (Å²) < 4.78 is 41.2. The van der Waals surface area contributed by atoms with E-state index in [9.17, 15) is 22.8 Å². The molecule has 1 unspecified atom stereocenters. The Hall–Kier alpha value is -1.31. The van der Waals surface area contributed by atoms with Crippen LogP contribution in [0.4, 0.5) is 13.2 Å². The van der Waals surface area contributed by atoms with Gasteiger partial charge in [0.25, 0.3) is 0 Å². The second-order valence-corrected chi connectivity index (χ2v) is 3.48. The third-order valence-corrected chi connectivity index (χ3v) is 2.01. The first-order chi connectivity index (χ1) is 7.70. The molecule has 0 aliphatic rings. The highest BCUT2D eigenvalue weighted by Gasteiger charge is 2.42. The molecule has 1 amide bonds. The van der Waals surface area contributed by atoms with Gasteiger partial charge in [0, 0.05) is 20.2 Å². The lowest BCUT2D eigenvalue weighted by Crippen LogP contribution is -2.45. The summed E-state index contributed by atoms with van der Waals surface area (Å²) in [5.74, 6) is -4.39. The lowest BCUT2D eigenvalue weighted by molar-refractivity contribution is -0.186. The van der Waals surface area contributed by atoms with Gasteiger partial charge < -0.3 is 14.7 Å². The second-order valence-electron chi connectivity index (χ2n) is 3.48. The van der Waals surface area contributed by atoms with Crippen molar-refractivity contribution in [3.63, 3.8) is 0 Å². The number of halogens is 3. The Bertz CT molecular complexity index is 280. The van der Waals surface area contributed by atoms with Gasteiger partial charge in [-0.1, -0.05) is 6.92 Å². The topological polar surface area (TPSA) is 66.8 Å². The molecule has 0 spiro atoms. The number of hydrogen-bond acceptors (Lipinski definition) is 3. The summed E-state index contributed by atoms with van der Waals surface area (Å²) >= 11 is 0. The molecule has 100 valence electrons. The molecule has 0 heterocycles. The number of ether oxygens (including phenoxy) is 1. The Morgan fingerprint density at radius 2 is 1.94 bits per heavy atom. The van der Waals surface area contributed by atoms with Crippen molar-refractivity contribution in [2.45, 2.75) is 13.1 Å². The van der Waals surface area contributed by atoms with Crippen LogP contribution in [0.5, 0.6) is 0 Å². The monoisotopic (exact) mass is 257 g/mol. The summed E-state index contributed by atoms with van der Waals surface area (Å²) in [5, 5.41) is 8.59. The van der Waals surface area contributed by atoms with E-state index in [1.54, 1.807) is 0 Å². The minimum Gasteiger partial charge on any atom is -0.481 e. The number of aliphatic carboxylic acids is 1. The van der Waals surface area contributed by atoms with Crippen molar-refractivity contribution in [2.24, 2.45) is 5.92 Å². The fraction of sp³-hybridized carbons (Fsp3) is 0.778. The van der Waals surface area contributed by atoms with Crippen LogP contribution in [-0.4, -0.2) is 54.9 Å². The van der Waals surface area contributed by atoms with Gasteiger partial charge in [0.1, 0.15) is 0 Å². The summed E-state index contributed by atoms with van der Waals surface area (Å²) in [7, 11) is 1.27. The third-order valence-electron chi connectivity index (χ3n) is 2.01. The molecule has 0 saturated carbocycles. The number of methoxy groups -OCH3 is 1. The summed E-state index contributed by atoms with van der Waals surface area (Å²) in [4.78, 5) is 21.9. The van der Waals surface area contributed by atoms with Crippen molar-refractivity contribution in [3.8, 4) is 0 Å². The Morgan fingerprint density at radius 3 is 2.29 bits per heavy atom. The summed E-state index contributed by atoms with van der Waals surface area (Å²) in [5.41, 5.74) is 0. The molecule has 1 N–H and O–H groups in total. The number of carbonyl (C=O) groups is 2. The van der Waals surface area contributed by atoms with Crippen LogP contribution in [0.3, 0.4) is 0 Å². The molecule has 0 aromatic heterocycles. The zero-order chi connectivity index (χ0) is 13.6. The number of alkyl halides is 3. The van der Waals surface area contributed by atoms with Crippen LogP contribution in [-0.2, 0) is 14.3 Å². The van der Waals surface area contributed by atoms with E-state index in [-0.39, 0.29) is 13.2 Å². The van der Waals surface area contributed by atoms with E-state index in [0.717, 1.165) is 0 Å². The molecule has 17 heavy (non-hydrogen) atoms. The van der Waals surface area contributed by atoms with Crippen LogP contribution in [0.15, 0.2) is 0 Å². The molecule has 0 fully saturated rings. The van der Waals surface area contributed by atoms with Crippen LogP contribution < -0.4 is 0 Å². The lowest BCUT2D eigenvalue weighted by atomic mass is 10.1. The predicted molar refractivity (Wildman–Crippen MR) is 51.3 cm³/mol. The maximum absolute atomic E-state index is 12.2. The molecule has 0 aliphatic heterocycles. The first-order valence-corrected chi connectivity index (χ1v) is 4.78. The Balaban J connectivity index is 4.64. The normalized spacial score (nSPS) is 13.2. The fourth-order valence-electron chi connectivity index (χ4n) is 1.07. The van der Waals surface area contributed by atoms with Gasteiger partial charge in [-0.25, -0.2) is 0 Å². The van der Waals surface area contributed by atoms with Gasteiger partial charge in [0.05, 0.1) is 12.5 Å².